The Hall–Kier alpha value is -2.18. The minimum atomic E-state index is -0.0415. The first-order chi connectivity index (χ1) is 12.7. The van der Waals surface area contributed by atoms with Crippen LogP contribution < -0.4 is 10.2 Å². The molecule has 1 N–H and O–H groups in total. The molecule has 136 valence electrons. The summed E-state index contributed by atoms with van der Waals surface area (Å²) in [6.07, 6.45) is 2.48. The lowest BCUT2D eigenvalue weighted by atomic mass is 10.2. The Labute approximate surface area is 158 Å². The number of carbonyl (C=O) groups excluding carboxylic acids is 1. The van der Waals surface area contributed by atoms with Gasteiger partial charge < -0.3 is 10.2 Å². The summed E-state index contributed by atoms with van der Waals surface area (Å²) in [5.41, 5.74) is 1.77. The second-order valence-electron chi connectivity index (χ2n) is 6.88. The van der Waals surface area contributed by atoms with Gasteiger partial charge in [0.25, 0.3) is 0 Å². The van der Waals surface area contributed by atoms with Crippen molar-refractivity contribution in [3.63, 3.8) is 0 Å². The first kappa shape index (κ1) is 17.2. The molecule has 26 heavy (non-hydrogen) atoms. The van der Waals surface area contributed by atoms with Crippen LogP contribution in [0.4, 0.5) is 11.5 Å². The number of nitrogens with zero attached hydrogens (tertiary/aromatic N) is 4. The Bertz CT molecular complexity index is 770. The molecule has 7 heteroatoms. The van der Waals surface area contributed by atoms with Crippen molar-refractivity contribution in [3.8, 4) is 0 Å². The maximum atomic E-state index is 12.2. The van der Waals surface area contributed by atoms with Crippen LogP contribution in [0.2, 0.25) is 5.02 Å². The summed E-state index contributed by atoms with van der Waals surface area (Å²) in [5.74, 6) is 1.51. The second kappa shape index (κ2) is 7.60. The van der Waals surface area contributed by atoms with Gasteiger partial charge in [-0.3, -0.25) is 9.69 Å². The van der Waals surface area contributed by atoms with Crippen LogP contribution in [0, 0.1) is 0 Å². The molecule has 2 heterocycles. The van der Waals surface area contributed by atoms with Gasteiger partial charge in [0.05, 0.1) is 22.9 Å². The van der Waals surface area contributed by atoms with E-state index in [2.05, 4.69) is 37.4 Å². The number of hydrogen-bond acceptors (Lipinski definition) is 5. The van der Waals surface area contributed by atoms with Crippen LogP contribution in [0.25, 0.3) is 0 Å². The predicted octanol–water partition coefficient (Wildman–Crippen LogP) is 2.77. The maximum Gasteiger partial charge on any atom is 0.238 e. The zero-order chi connectivity index (χ0) is 17.9. The molecular formula is C19H22ClN5O. The Morgan fingerprint density at radius 1 is 1.08 bits per heavy atom. The number of para-hydroxylation sites is 1. The molecule has 0 bridgehead atoms. The quantitative estimate of drug-likeness (QED) is 0.875. The molecule has 0 atom stereocenters. The molecule has 2 aromatic rings. The molecule has 4 rings (SSSR count). The lowest BCUT2D eigenvalue weighted by Gasteiger charge is -2.34. The number of amides is 1. The number of aromatic nitrogens is 2. The fourth-order valence-corrected chi connectivity index (χ4v) is 3.37. The van der Waals surface area contributed by atoms with Crippen molar-refractivity contribution in [1.29, 1.82) is 0 Å². The standard InChI is InChI=1S/C19H22ClN5O/c20-15-3-1-2-4-17(15)21-19(26)13-24-9-11-25(12-10-24)18-8-7-16(22-23-18)14-5-6-14/h1-4,7-8,14H,5-6,9-13H2,(H,21,26). The summed E-state index contributed by atoms with van der Waals surface area (Å²) in [6, 6.07) is 11.4. The highest BCUT2D eigenvalue weighted by molar-refractivity contribution is 6.33. The van der Waals surface area contributed by atoms with Crippen LogP contribution in [0.3, 0.4) is 0 Å². The summed E-state index contributed by atoms with van der Waals surface area (Å²) in [7, 11) is 0. The largest absolute Gasteiger partial charge is 0.353 e. The first-order valence-corrected chi connectivity index (χ1v) is 9.42. The zero-order valence-corrected chi connectivity index (χ0v) is 15.3. The van der Waals surface area contributed by atoms with E-state index in [1.54, 1.807) is 6.07 Å². The molecule has 0 spiro atoms. The van der Waals surface area contributed by atoms with E-state index in [-0.39, 0.29) is 5.91 Å². The summed E-state index contributed by atoms with van der Waals surface area (Å²) in [6.45, 7) is 3.70. The topological polar surface area (TPSA) is 61.4 Å². The number of piperazine rings is 1. The van der Waals surface area contributed by atoms with Gasteiger partial charge in [-0.2, -0.15) is 5.10 Å². The van der Waals surface area contributed by atoms with Crippen molar-refractivity contribution < 1.29 is 4.79 Å². The van der Waals surface area contributed by atoms with E-state index in [0.29, 0.717) is 23.2 Å². The number of hydrogen-bond donors (Lipinski definition) is 1. The average Bonchev–Trinajstić information content (AvgIpc) is 3.50. The van der Waals surface area contributed by atoms with Crippen molar-refractivity contribution in [2.75, 3.05) is 42.9 Å². The highest BCUT2D eigenvalue weighted by Crippen LogP contribution is 2.38. The van der Waals surface area contributed by atoms with Gasteiger partial charge in [0, 0.05) is 32.1 Å². The van der Waals surface area contributed by atoms with Crippen LogP contribution in [-0.2, 0) is 4.79 Å². The third kappa shape index (κ3) is 4.14. The van der Waals surface area contributed by atoms with E-state index < -0.39 is 0 Å². The van der Waals surface area contributed by atoms with E-state index in [1.807, 2.05) is 18.2 Å². The predicted molar refractivity (Wildman–Crippen MR) is 103 cm³/mol. The molecule has 1 saturated carbocycles. The number of nitrogens with one attached hydrogen (secondary N) is 1. The molecule has 1 aliphatic carbocycles. The highest BCUT2D eigenvalue weighted by Gasteiger charge is 2.26. The van der Waals surface area contributed by atoms with Gasteiger partial charge in [0.2, 0.25) is 5.91 Å². The van der Waals surface area contributed by atoms with Gasteiger partial charge in [0.15, 0.2) is 5.82 Å². The van der Waals surface area contributed by atoms with Crippen LogP contribution in [-0.4, -0.2) is 53.7 Å². The normalized spacial score (nSPS) is 18.0. The van der Waals surface area contributed by atoms with Gasteiger partial charge in [-0.1, -0.05) is 23.7 Å². The molecule has 0 radical (unpaired) electrons. The summed E-state index contributed by atoms with van der Waals surface area (Å²) in [5, 5.41) is 12.2. The van der Waals surface area contributed by atoms with Gasteiger partial charge in [0.1, 0.15) is 0 Å². The number of carbonyl (C=O) groups is 1. The minimum absolute atomic E-state index is 0.0415. The summed E-state index contributed by atoms with van der Waals surface area (Å²) < 4.78 is 0. The Kier molecular flexibility index (Phi) is 5.04. The number of rotatable bonds is 5. The van der Waals surface area contributed by atoms with E-state index in [1.165, 1.54) is 12.8 Å². The Balaban J connectivity index is 1.26. The molecule has 1 aliphatic heterocycles. The number of anilines is 2. The van der Waals surface area contributed by atoms with E-state index >= 15 is 0 Å². The van der Waals surface area contributed by atoms with E-state index in [4.69, 9.17) is 11.6 Å². The molecule has 1 aromatic heterocycles. The SMILES string of the molecule is O=C(CN1CCN(c2ccc(C3CC3)nn2)CC1)Nc1ccccc1Cl. The monoisotopic (exact) mass is 371 g/mol. The van der Waals surface area contributed by atoms with Crippen molar-refractivity contribution in [2.24, 2.45) is 0 Å². The van der Waals surface area contributed by atoms with Gasteiger partial charge in [-0.25, -0.2) is 0 Å². The fraction of sp³-hybridized carbons (Fsp3) is 0.421. The third-order valence-electron chi connectivity index (χ3n) is 4.88. The molecule has 1 amide bonds. The van der Waals surface area contributed by atoms with Crippen molar-refractivity contribution in [3.05, 3.63) is 47.1 Å². The van der Waals surface area contributed by atoms with Crippen LogP contribution in [0.5, 0.6) is 0 Å². The summed E-state index contributed by atoms with van der Waals surface area (Å²) in [4.78, 5) is 16.6. The lowest BCUT2D eigenvalue weighted by Crippen LogP contribution is -2.49. The van der Waals surface area contributed by atoms with Crippen molar-refractivity contribution in [2.45, 2.75) is 18.8 Å². The van der Waals surface area contributed by atoms with Crippen molar-refractivity contribution in [1.82, 2.24) is 15.1 Å². The third-order valence-corrected chi connectivity index (χ3v) is 5.21. The number of halogens is 1. The average molecular weight is 372 g/mol. The second-order valence-corrected chi connectivity index (χ2v) is 7.29. The molecule has 1 saturated heterocycles. The van der Waals surface area contributed by atoms with Crippen LogP contribution in [0.1, 0.15) is 24.5 Å². The summed E-state index contributed by atoms with van der Waals surface area (Å²) >= 11 is 6.08. The van der Waals surface area contributed by atoms with Gasteiger partial charge >= 0.3 is 0 Å². The molecule has 2 fully saturated rings. The molecular weight excluding hydrogens is 350 g/mol. The van der Waals surface area contributed by atoms with E-state index in [9.17, 15) is 4.79 Å². The van der Waals surface area contributed by atoms with E-state index in [0.717, 1.165) is 37.7 Å². The van der Waals surface area contributed by atoms with Crippen LogP contribution >= 0.6 is 11.6 Å². The van der Waals surface area contributed by atoms with Gasteiger partial charge in [-0.05, 0) is 37.1 Å². The smallest absolute Gasteiger partial charge is 0.238 e. The molecule has 1 aromatic carbocycles. The lowest BCUT2D eigenvalue weighted by molar-refractivity contribution is -0.117. The fourth-order valence-electron chi connectivity index (χ4n) is 3.19. The molecule has 6 nitrogen and oxygen atoms in total. The molecule has 2 aliphatic rings. The Morgan fingerprint density at radius 3 is 2.50 bits per heavy atom. The minimum Gasteiger partial charge on any atom is -0.353 e. The highest BCUT2D eigenvalue weighted by atomic mass is 35.5. The van der Waals surface area contributed by atoms with Crippen LogP contribution in [0.15, 0.2) is 36.4 Å². The zero-order valence-electron chi connectivity index (χ0n) is 14.6. The Morgan fingerprint density at radius 2 is 1.85 bits per heavy atom. The maximum absolute atomic E-state index is 12.2. The van der Waals surface area contributed by atoms with Gasteiger partial charge in [-0.15, -0.1) is 5.10 Å². The molecule has 0 unspecified atom stereocenters. The first-order valence-electron chi connectivity index (χ1n) is 9.04. The van der Waals surface area contributed by atoms with Crippen molar-refractivity contribution >= 4 is 29.0 Å². The number of benzene rings is 1.